The third-order valence-corrected chi connectivity index (χ3v) is 5.35. The Kier molecular flexibility index (Phi) is 7.59. The number of halogens is 1. The summed E-state index contributed by atoms with van der Waals surface area (Å²) in [7, 11) is 0. The van der Waals surface area contributed by atoms with Crippen LogP contribution in [0.2, 0.25) is 0 Å². The molecule has 1 fully saturated rings. The predicted octanol–water partition coefficient (Wildman–Crippen LogP) is 2.48. The fraction of sp³-hybridized carbons (Fsp3) is 0.318. The van der Waals surface area contributed by atoms with Gasteiger partial charge >= 0.3 is 0 Å². The molecule has 0 bridgehead atoms. The molecule has 1 aliphatic rings. The van der Waals surface area contributed by atoms with Gasteiger partial charge in [-0.2, -0.15) is 0 Å². The zero-order valence-electron chi connectivity index (χ0n) is 16.9. The second kappa shape index (κ2) is 10.4. The highest BCUT2D eigenvalue weighted by atomic mass is 79.9. The monoisotopic (exact) mass is 472 g/mol. The van der Waals surface area contributed by atoms with Crippen LogP contribution in [-0.4, -0.2) is 60.2 Å². The number of carbonyl (C=O) groups excluding carboxylic acids is 3. The number of rotatable bonds is 6. The molecule has 0 aromatic heterocycles. The first-order chi connectivity index (χ1) is 14.4. The first-order valence-electron chi connectivity index (χ1n) is 9.82. The van der Waals surface area contributed by atoms with Gasteiger partial charge in [0.15, 0.2) is 0 Å². The van der Waals surface area contributed by atoms with Crippen molar-refractivity contribution in [3.63, 3.8) is 0 Å². The number of anilines is 1. The molecule has 1 aliphatic heterocycles. The Bertz CT molecular complexity index is 894. The minimum atomic E-state index is -0.226. The fourth-order valence-electron chi connectivity index (χ4n) is 3.27. The Labute approximate surface area is 184 Å². The smallest absolute Gasteiger partial charge is 0.254 e. The van der Waals surface area contributed by atoms with Gasteiger partial charge in [0.05, 0.1) is 0 Å². The lowest BCUT2D eigenvalue weighted by atomic mass is 10.1. The van der Waals surface area contributed by atoms with E-state index in [1.54, 1.807) is 34.1 Å². The molecule has 0 radical (unpaired) electrons. The van der Waals surface area contributed by atoms with Gasteiger partial charge in [0, 0.05) is 55.4 Å². The molecule has 0 aliphatic carbocycles. The van der Waals surface area contributed by atoms with Crippen LogP contribution >= 0.6 is 15.9 Å². The van der Waals surface area contributed by atoms with Crippen molar-refractivity contribution in [3.05, 3.63) is 64.1 Å². The lowest BCUT2D eigenvalue weighted by molar-refractivity contribution is -0.132. The molecular formula is C22H25BrN4O3. The highest BCUT2D eigenvalue weighted by Crippen LogP contribution is 2.16. The SMILES string of the molecule is CC(=O)Nc1ccc(C(=O)N(CC(=O)N2CCNCC2)Cc2ccc(Br)cc2)cc1. The molecule has 30 heavy (non-hydrogen) atoms. The first kappa shape index (κ1) is 22.0. The molecule has 0 saturated carbocycles. The summed E-state index contributed by atoms with van der Waals surface area (Å²) in [5.74, 6) is -0.458. The number of amides is 3. The summed E-state index contributed by atoms with van der Waals surface area (Å²) in [6, 6.07) is 14.4. The van der Waals surface area contributed by atoms with E-state index >= 15 is 0 Å². The maximum absolute atomic E-state index is 13.2. The zero-order valence-corrected chi connectivity index (χ0v) is 18.4. The maximum Gasteiger partial charge on any atom is 0.254 e. The Morgan fingerprint density at radius 1 is 1.03 bits per heavy atom. The van der Waals surface area contributed by atoms with Gasteiger partial charge in [0.1, 0.15) is 6.54 Å². The molecule has 2 aromatic carbocycles. The number of benzene rings is 2. The number of hydrogen-bond acceptors (Lipinski definition) is 4. The normalized spacial score (nSPS) is 13.6. The Hall–Kier alpha value is -2.71. The van der Waals surface area contributed by atoms with E-state index in [1.165, 1.54) is 6.92 Å². The molecule has 2 aromatic rings. The van der Waals surface area contributed by atoms with Crippen LogP contribution < -0.4 is 10.6 Å². The molecule has 1 heterocycles. The summed E-state index contributed by atoms with van der Waals surface area (Å²) in [6.45, 7) is 4.59. The third-order valence-electron chi connectivity index (χ3n) is 4.82. The average molecular weight is 473 g/mol. The van der Waals surface area contributed by atoms with E-state index in [2.05, 4.69) is 26.6 Å². The fourth-order valence-corrected chi connectivity index (χ4v) is 3.53. The number of piperazine rings is 1. The van der Waals surface area contributed by atoms with E-state index in [4.69, 9.17) is 0 Å². The molecule has 7 nitrogen and oxygen atoms in total. The number of carbonyl (C=O) groups is 3. The lowest BCUT2D eigenvalue weighted by Crippen LogP contribution is -2.50. The standard InChI is InChI=1S/C22H25BrN4O3/c1-16(28)25-20-8-4-18(5-9-20)22(30)27(14-17-2-6-19(23)7-3-17)15-21(29)26-12-10-24-11-13-26/h2-9,24H,10-15H2,1H3,(H,25,28). The molecular weight excluding hydrogens is 448 g/mol. The van der Waals surface area contributed by atoms with Gasteiger partial charge in [-0.25, -0.2) is 0 Å². The summed E-state index contributed by atoms with van der Waals surface area (Å²) < 4.78 is 0.953. The summed E-state index contributed by atoms with van der Waals surface area (Å²) in [4.78, 5) is 40.6. The van der Waals surface area contributed by atoms with Gasteiger partial charge in [0.2, 0.25) is 11.8 Å². The second-order valence-electron chi connectivity index (χ2n) is 7.18. The lowest BCUT2D eigenvalue weighted by Gasteiger charge is -2.30. The highest BCUT2D eigenvalue weighted by Gasteiger charge is 2.23. The first-order valence-corrected chi connectivity index (χ1v) is 10.6. The van der Waals surface area contributed by atoms with E-state index in [-0.39, 0.29) is 24.3 Å². The molecule has 158 valence electrons. The second-order valence-corrected chi connectivity index (χ2v) is 8.09. The van der Waals surface area contributed by atoms with Gasteiger partial charge in [0.25, 0.3) is 5.91 Å². The van der Waals surface area contributed by atoms with Crippen molar-refractivity contribution in [1.82, 2.24) is 15.1 Å². The number of hydrogen-bond donors (Lipinski definition) is 2. The number of nitrogens with zero attached hydrogens (tertiary/aromatic N) is 2. The Morgan fingerprint density at radius 2 is 1.67 bits per heavy atom. The van der Waals surface area contributed by atoms with Gasteiger partial charge in [-0.05, 0) is 42.0 Å². The van der Waals surface area contributed by atoms with E-state index in [0.29, 0.717) is 30.9 Å². The summed E-state index contributed by atoms with van der Waals surface area (Å²) in [5, 5.41) is 5.91. The van der Waals surface area contributed by atoms with Crippen molar-refractivity contribution >= 4 is 39.3 Å². The minimum Gasteiger partial charge on any atom is -0.339 e. The van der Waals surface area contributed by atoms with Crippen LogP contribution in [0.25, 0.3) is 0 Å². The quantitative estimate of drug-likeness (QED) is 0.676. The van der Waals surface area contributed by atoms with Crippen molar-refractivity contribution in [2.24, 2.45) is 0 Å². The molecule has 3 amide bonds. The van der Waals surface area contributed by atoms with Crippen LogP contribution in [0.15, 0.2) is 53.0 Å². The van der Waals surface area contributed by atoms with Crippen molar-refractivity contribution < 1.29 is 14.4 Å². The molecule has 0 spiro atoms. The molecule has 2 N–H and O–H groups in total. The van der Waals surface area contributed by atoms with Gasteiger partial charge in [-0.3, -0.25) is 14.4 Å². The van der Waals surface area contributed by atoms with E-state index in [9.17, 15) is 14.4 Å². The molecule has 0 atom stereocenters. The van der Waals surface area contributed by atoms with E-state index in [0.717, 1.165) is 23.1 Å². The molecule has 1 saturated heterocycles. The average Bonchev–Trinajstić information content (AvgIpc) is 2.75. The summed E-state index contributed by atoms with van der Waals surface area (Å²) >= 11 is 3.42. The minimum absolute atomic E-state index is 0.0162. The van der Waals surface area contributed by atoms with Crippen molar-refractivity contribution in [3.8, 4) is 0 Å². The van der Waals surface area contributed by atoms with Crippen LogP contribution in [0.5, 0.6) is 0 Å². The van der Waals surface area contributed by atoms with E-state index in [1.807, 2.05) is 24.3 Å². The number of nitrogens with one attached hydrogen (secondary N) is 2. The van der Waals surface area contributed by atoms with Crippen molar-refractivity contribution in [2.45, 2.75) is 13.5 Å². The molecule has 8 heteroatoms. The summed E-state index contributed by atoms with van der Waals surface area (Å²) in [6.07, 6.45) is 0. The van der Waals surface area contributed by atoms with Crippen LogP contribution in [0.3, 0.4) is 0 Å². The Morgan fingerprint density at radius 3 is 2.27 bits per heavy atom. The molecule has 3 rings (SSSR count). The topological polar surface area (TPSA) is 81.8 Å². The maximum atomic E-state index is 13.2. The summed E-state index contributed by atoms with van der Waals surface area (Å²) in [5.41, 5.74) is 2.03. The third kappa shape index (κ3) is 6.14. The largest absolute Gasteiger partial charge is 0.339 e. The van der Waals surface area contributed by atoms with Gasteiger partial charge < -0.3 is 20.4 Å². The predicted molar refractivity (Wildman–Crippen MR) is 119 cm³/mol. The van der Waals surface area contributed by atoms with E-state index < -0.39 is 0 Å². The van der Waals surface area contributed by atoms with Crippen LogP contribution in [0.4, 0.5) is 5.69 Å². The Balaban J connectivity index is 1.77. The van der Waals surface area contributed by atoms with Gasteiger partial charge in [-0.1, -0.05) is 28.1 Å². The molecule has 0 unspecified atom stereocenters. The van der Waals surface area contributed by atoms with Gasteiger partial charge in [-0.15, -0.1) is 0 Å². The van der Waals surface area contributed by atoms with Crippen LogP contribution in [0.1, 0.15) is 22.8 Å². The zero-order chi connectivity index (χ0) is 21.5. The van der Waals surface area contributed by atoms with Crippen molar-refractivity contribution in [2.75, 3.05) is 38.0 Å². The highest BCUT2D eigenvalue weighted by molar-refractivity contribution is 9.10. The van der Waals surface area contributed by atoms with Crippen molar-refractivity contribution in [1.29, 1.82) is 0 Å². The van der Waals surface area contributed by atoms with Crippen LogP contribution in [0, 0.1) is 0 Å². The van der Waals surface area contributed by atoms with Crippen LogP contribution in [-0.2, 0) is 16.1 Å².